The minimum absolute atomic E-state index is 0.212. The first-order valence-electron chi connectivity index (χ1n) is 3.41. The molecule has 0 aliphatic rings. The van der Waals surface area contributed by atoms with Gasteiger partial charge >= 0.3 is 0 Å². The van der Waals surface area contributed by atoms with E-state index in [1.54, 1.807) is 6.07 Å². The lowest BCUT2D eigenvalue weighted by molar-refractivity contribution is 0.474. The van der Waals surface area contributed by atoms with Gasteiger partial charge in [-0.3, -0.25) is 0 Å². The van der Waals surface area contributed by atoms with Crippen molar-refractivity contribution in [3.05, 3.63) is 29.8 Å². The first-order chi connectivity index (χ1) is 4.70. The second-order valence-corrected chi connectivity index (χ2v) is 2.66. The molecule has 0 fully saturated rings. The van der Waals surface area contributed by atoms with Gasteiger partial charge in [0.25, 0.3) is 0 Å². The highest BCUT2D eigenvalue weighted by Crippen LogP contribution is 2.16. The van der Waals surface area contributed by atoms with Crippen molar-refractivity contribution in [3.63, 3.8) is 0 Å². The Balaban J connectivity index is 2.89. The summed E-state index contributed by atoms with van der Waals surface area (Å²) in [6, 6.07) is 8.13. The molecule has 1 aromatic carbocycles. The fraction of sp³-hybridized carbons (Fsp3) is 0.333. The zero-order chi connectivity index (χ0) is 7.56. The monoisotopic (exact) mass is 135 g/mol. The Labute approximate surface area is 61.3 Å². The number of rotatable bonds is 1. The van der Waals surface area contributed by atoms with Crippen molar-refractivity contribution in [1.82, 2.24) is 0 Å². The molecule has 1 aromatic rings. The Bertz CT molecular complexity index is 198. The second kappa shape index (κ2) is 2.74. The van der Waals surface area contributed by atoms with Crippen molar-refractivity contribution in [1.29, 1.82) is 0 Å². The molecule has 0 unspecified atom stereocenters. The average Bonchev–Trinajstić information content (AvgIpc) is 1.88. The van der Waals surface area contributed by atoms with Gasteiger partial charge in [-0.2, -0.15) is 0 Å². The molecule has 0 saturated heterocycles. The first-order valence-corrected chi connectivity index (χ1v) is 3.41. The Hall–Kier alpha value is -0.980. The minimum atomic E-state index is 0.212. The molecule has 0 spiro atoms. The van der Waals surface area contributed by atoms with E-state index in [0.717, 1.165) is 0 Å². The van der Waals surface area contributed by atoms with Gasteiger partial charge in [0.1, 0.15) is 5.75 Å². The molecule has 0 bridgehead atoms. The second-order valence-electron chi connectivity index (χ2n) is 2.66. The summed E-state index contributed by atoms with van der Waals surface area (Å²) in [5.74, 6) is 0.723. The van der Waals surface area contributed by atoms with Crippen LogP contribution in [-0.4, -0.2) is 5.11 Å². The largest absolute Gasteiger partial charge is 0.507 e. The smallest absolute Gasteiger partial charge is 0.123 e. The molecular formula is C9H11O. The third-order valence-electron chi connectivity index (χ3n) is 1.49. The lowest BCUT2D eigenvalue weighted by Crippen LogP contribution is -1.84. The maximum Gasteiger partial charge on any atom is 0.123 e. The predicted molar refractivity (Wildman–Crippen MR) is 41.0 cm³/mol. The summed E-state index contributed by atoms with van der Waals surface area (Å²) in [5.41, 5.74) is 1.21. The van der Waals surface area contributed by atoms with Crippen LogP contribution in [0.15, 0.2) is 18.2 Å². The van der Waals surface area contributed by atoms with Crippen LogP contribution in [0.5, 0.6) is 5.75 Å². The van der Waals surface area contributed by atoms with E-state index in [-0.39, 0.29) is 5.75 Å². The summed E-state index contributed by atoms with van der Waals surface area (Å²) < 4.78 is 0. The Kier molecular flexibility index (Phi) is 1.95. The van der Waals surface area contributed by atoms with E-state index in [0.29, 0.717) is 5.92 Å². The highest BCUT2D eigenvalue weighted by Gasteiger charge is 1.96. The van der Waals surface area contributed by atoms with Gasteiger partial charge in [-0.1, -0.05) is 19.9 Å². The fourth-order valence-corrected chi connectivity index (χ4v) is 0.788. The van der Waals surface area contributed by atoms with Crippen LogP contribution in [0.3, 0.4) is 0 Å². The molecule has 0 amide bonds. The molecule has 1 radical (unpaired) electrons. The summed E-state index contributed by atoms with van der Waals surface area (Å²) >= 11 is 0. The van der Waals surface area contributed by atoms with Crippen molar-refractivity contribution < 1.29 is 5.11 Å². The normalized spacial score (nSPS) is 10.3. The number of phenolic OH excluding ortho intramolecular Hbond substituents is 1. The van der Waals surface area contributed by atoms with Crippen LogP contribution in [0.1, 0.15) is 25.3 Å². The van der Waals surface area contributed by atoms with E-state index in [1.807, 2.05) is 12.1 Å². The zero-order valence-corrected chi connectivity index (χ0v) is 6.26. The summed E-state index contributed by atoms with van der Waals surface area (Å²) in [6.07, 6.45) is 0. The zero-order valence-electron chi connectivity index (χ0n) is 6.26. The number of hydrogen-bond donors (Lipinski definition) is 1. The topological polar surface area (TPSA) is 20.2 Å². The number of benzene rings is 1. The highest BCUT2D eigenvalue weighted by atomic mass is 16.3. The van der Waals surface area contributed by atoms with Crippen molar-refractivity contribution >= 4 is 0 Å². The molecule has 10 heavy (non-hydrogen) atoms. The Morgan fingerprint density at radius 2 is 2.10 bits per heavy atom. The molecule has 1 heteroatoms. The molecule has 0 aliphatic heterocycles. The van der Waals surface area contributed by atoms with Gasteiger partial charge in [0.05, 0.1) is 0 Å². The number of phenols is 1. The van der Waals surface area contributed by atoms with Gasteiger partial charge < -0.3 is 5.11 Å². The van der Waals surface area contributed by atoms with Gasteiger partial charge in [0.15, 0.2) is 0 Å². The van der Waals surface area contributed by atoms with Gasteiger partial charge in [-0.25, -0.2) is 0 Å². The quantitative estimate of drug-likeness (QED) is 0.626. The predicted octanol–water partition coefficient (Wildman–Crippen LogP) is 2.32. The molecule has 0 atom stereocenters. The van der Waals surface area contributed by atoms with Gasteiger partial charge in [-0.05, 0) is 23.6 Å². The lowest BCUT2D eigenvalue weighted by atomic mass is 10.0. The van der Waals surface area contributed by atoms with Gasteiger partial charge in [0.2, 0.25) is 0 Å². The van der Waals surface area contributed by atoms with Crippen LogP contribution in [0.4, 0.5) is 0 Å². The Morgan fingerprint density at radius 3 is 2.50 bits per heavy atom. The minimum Gasteiger partial charge on any atom is -0.507 e. The molecule has 0 saturated carbocycles. The summed E-state index contributed by atoms with van der Waals surface area (Å²) in [7, 11) is 0. The van der Waals surface area contributed by atoms with E-state index < -0.39 is 0 Å². The molecule has 0 aliphatic carbocycles. The molecule has 0 aromatic heterocycles. The third-order valence-corrected chi connectivity index (χ3v) is 1.49. The molecule has 1 N–H and O–H groups in total. The van der Waals surface area contributed by atoms with Crippen molar-refractivity contribution in [2.75, 3.05) is 0 Å². The standard InChI is InChI=1S/C9H11O/c1-7(2)8-3-5-9(10)6-4-8/h3-5,7,10H,1-2H3. The van der Waals surface area contributed by atoms with E-state index in [1.165, 1.54) is 5.56 Å². The van der Waals surface area contributed by atoms with Crippen LogP contribution in [0, 0.1) is 6.07 Å². The van der Waals surface area contributed by atoms with Crippen LogP contribution in [0.25, 0.3) is 0 Å². The van der Waals surface area contributed by atoms with Crippen LogP contribution in [0.2, 0.25) is 0 Å². The maximum absolute atomic E-state index is 8.88. The SMILES string of the molecule is CC(C)c1c[c]c(O)cc1. The van der Waals surface area contributed by atoms with Crippen LogP contribution < -0.4 is 0 Å². The Morgan fingerprint density at radius 1 is 1.40 bits per heavy atom. The molecular weight excluding hydrogens is 124 g/mol. The molecule has 53 valence electrons. The highest BCUT2D eigenvalue weighted by molar-refractivity contribution is 5.26. The molecule has 0 heterocycles. The van der Waals surface area contributed by atoms with E-state index in [2.05, 4.69) is 19.9 Å². The number of hydrogen-bond acceptors (Lipinski definition) is 1. The summed E-state index contributed by atoms with van der Waals surface area (Å²) in [6.45, 7) is 4.22. The molecule has 1 rings (SSSR count). The summed E-state index contributed by atoms with van der Waals surface area (Å²) in [4.78, 5) is 0. The first kappa shape index (κ1) is 7.13. The van der Waals surface area contributed by atoms with Crippen molar-refractivity contribution in [2.24, 2.45) is 0 Å². The molecule has 1 nitrogen and oxygen atoms in total. The average molecular weight is 135 g/mol. The number of aromatic hydroxyl groups is 1. The van der Waals surface area contributed by atoms with Crippen LogP contribution in [-0.2, 0) is 0 Å². The van der Waals surface area contributed by atoms with Crippen molar-refractivity contribution in [2.45, 2.75) is 19.8 Å². The van der Waals surface area contributed by atoms with E-state index in [9.17, 15) is 0 Å². The lowest BCUT2D eigenvalue weighted by Gasteiger charge is -2.02. The van der Waals surface area contributed by atoms with E-state index in [4.69, 9.17) is 5.11 Å². The van der Waals surface area contributed by atoms with Crippen LogP contribution >= 0.6 is 0 Å². The third kappa shape index (κ3) is 1.50. The fourth-order valence-electron chi connectivity index (χ4n) is 0.788. The van der Waals surface area contributed by atoms with Crippen molar-refractivity contribution in [3.8, 4) is 5.75 Å². The van der Waals surface area contributed by atoms with Gasteiger partial charge in [0, 0.05) is 6.07 Å². The summed E-state index contributed by atoms with van der Waals surface area (Å²) in [5, 5.41) is 8.88. The van der Waals surface area contributed by atoms with Gasteiger partial charge in [-0.15, -0.1) is 0 Å². The van der Waals surface area contributed by atoms with E-state index >= 15 is 0 Å². The maximum atomic E-state index is 8.88.